The van der Waals surface area contributed by atoms with E-state index in [1.54, 1.807) is 6.07 Å². The molecule has 176 valence electrons. The van der Waals surface area contributed by atoms with Crippen LogP contribution in [0.15, 0.2) is 36.5 Å². The zero-order valence-electron chi connectivity index (χ0n) is 17.5. The Balaban J connectivity index is 0.00000181. The van der Waals surface area contributed by atoms with Crippen LogP contribution >= 0.6 is 36.4 Å². The lowest BCUT2D eigenvalue weighted by Crippen LogP contribution is -2.49. The molecular weight excluding hydrogens is 477 g/mol. The minimum absolute atomic E-state index is 0. The second kappa shape index (κ2) is 12.6. The van der Waals surface area contributed by atoms with Gasteiger partial charge in [0.2, 0.25) is 5.88 Å². The third kappa shape index (κ3) is 6.70. The molecule has 10 heteroatoms. The number of aromatic nitrogens is 1. The molecule has 0 aliphatic carbocycles. The van der Waals surface area contributed by atoms with Gasteiger partial charge in [-0.3, -0.25) is 4.79 Å². The summed E-state index contributed by atoms with van der Waals surface area (Å²) in [5, 5.41) is 16.9. The van der Waals surface area contributed by atoms with E-state index in [4.69, 9.17) is 21.1 Å². The maximum atomic E-state index is 12.7. The van der Waals surface area contributed by atoms with Crippen molar-refractivity contribution in [3.8, 4) is 5.88 Å². The summed E-state index contributed by atoms with van der Waals surface area (Å²) in [4.78, 5) is 16.8. The van der Waals surface area contributed by atoms with Gasteiger partial charge in [-0.2, -0.15) is 0 Å². The molecule has 32 heavy (non-hydrogen) atoms. The second-order valence-corrected chi connectivity index (χ2v) is 8.08. The van der Waals surface area contributed by atoms with Gasteiger partial charge in [-0.1, -0.05) is 35.9 Å². The molecule has 3 N–H and O–H groups in total. The van der Waals surface area contributed by atoms with Crippen molar-refractivity contribution in [2.24, 2.45) is 0 Å². The number of carbonyl (C=O) groups is 1. The van der Waals surface area contributed by atoms with Gasteiger partial charge in [-0.05, 0) is 17.5 Å². The first kappa shape index (κ1) is 26.6. The Labute approximate surface area is 205 Å². The van der Waals surface area contributed by atoms with E-state index in [2.05, 4.69) is 27.8 Å². The number of aliphatic hydroxyl groups is 1. The summed E-state index contributed by atoms with van der Waals surface area (Å²) in [5.74, 6) is -0.00274. The summed E-state index contributed by atoms with van der Waals surface area (Å²) in [6.07, 6.45) is 3.00. The highest BCUT2D eigenvalue weighted by Gasteiger charge is 2.25. The average Bonchev–Trinajstić information content (AvgIpc) is 2.79. The smallest absolute Gasteiger partial charge is 0.253 e. The Morgan fingerprint density at radius 3 is 2.75 bits per heavy atom. The van der Waals surface area contributed by atoms with Crippen molar-refractivity contribution >= 4 is 42.3 Å². The van der Waals surface area contributed by atoms with Crippen molar-refractivity contribution in [3.05, 3.63) is 58.2 Å². The lowest BCUT2D eigenvalue weighted by atomic mass is 9.93. The van der Waals surface area contributed by atoms with Gasteiger partial charge in [0.15, 0.2) is 0 Å². The van der Waals surface area contributed by atoms with E-state index in [9.17, 15) is 9.90 Å². The molecule has 1 aromatic heterocycles. The number of hydrogen-bond donors (Lipinski definition) is 3. The van der Waals surface area contributed by atoms with Crippen molar-refractivity contribution in [3.63, 3.8) is 0 Å². The summed E-state index contributed by atoms with van der Waals surface area (Å²) in [7, 11) is 0. The highest BCUT2D eigenvalue weighted by molar-refractivity contribution is 6.33. The average molecular weight is 505 g/mol. The first-order valence-corrected chi connectivity index (χ1v) is 10.6. The monoisotopic (exact) mass is 503 g/mol. The van der Waals surface area contributed by atoms with Crippen LogP contribution in [0.2, 0.25) is 5.02 Å². The minimum atomic E-state index is -0.721. The maximum Gasteiger partial charge on any atom is 0.253 e. The van der Waals surface area contributed by atoms with Crippen molar-refractivity contribution in [1.29, 1.82) is 0 Å². The fraction of sp³-hybridized carbons (Fsp3) is 0.455. The largest absolute Gasteiger partial charge is 0.474 e. The number of carbonyl (C=O) groups excluding carboxylic acids is 1. The van der Waals surface area contributed by atoms with Crippen LogP contribution in [0.3, 0.4) is 0 Å². The van der Waals surface area contributed by atoms with Crippen LogP contribution in [0.4, 0.5) is 0 Å². The van der Waals surface area contributed by atoms with Gasteiger partial charge < -0.3 is 25.2 Å². The van der Waals surface area contributed by atoms with Crippen LogP contribution in [0.25, 0.3) is 0 Å². The molecule has 1 fully saturated rings. The van der Waals surface area contributed by atoms with Gasteiger partial charge in [0.1, 0.15) is 6.10 Å². The topological polar surface area (TPSA) is 92.7 Å². The van der Waals surface area contributed by atoms with Gasteiger partial charge in [0.25, 0.3) is 5.91 Å². The van der Waals surface area contributed by atoms with E-state index in [1.165, 1.54) is 17.3 Å². The standard InChI is InChI=1S/C22H26ClN3O4.2ClH/c23-18-12-25-21(30-16-5-7-29-8-6-16)10-17(18)22(28)26-13-20(27)19-9-14-3-1-2-4-15(14)11-24-19;;/h1-4,10,12,16,19-20,24,27H,5-9,11,13H2,(H,26,28);2*1H/t19-,20?;;/m0../s1. The van der Waals surface area contributed by atoms with E-state index in [0.29, 0.717) is 32.1 Å². The normalized spacial score (nSPS) is 19.0. The third-order valence-electron chi connectivity index (χ3n) is 5.58. The van der Waals surface area contributed by atoms with Gasteiger partial charge in [0, 0.05) is 38.0 Å². The summed E-state index contributed by atoms with van der Waals surface area (Å²) < 4.78 is 11.2. The van der Waals surface area contributed by atoms with Crippen LogP contribution in [-0.4, -0.2) is 54.0 Å². The zero-order chi connectivity index (χ0) is 20.9. The number of pyridine rings is 1. The van der Waals surface area contributed by atoms with Crippen LogP contribution in [-0.2, 0) is 17.7 Å². The lowest BCUT2D eigenvalue weighted by Gasteiger charge is -2.30. The number of nitrogens with one attached hydrogen (secondary N) is 2. The highest BCUT2D eigenvalue weighted by Crippen LogP contribution is 2.22. The molecule has 0 radical (unpaired) electrons. The Hall–Kier alpha value is -1.61. The molecule has 2 aromatic rings. The Kier molecular flexibility index (Phi) is 10.5. The lowest BCUT2D eigenvalue weighted by molar-refractivity contribution is 0.0237. The van der Waals surface area contributed by atoms with Crippen LogP contribution in [0.5, 0.6) is 5.88 Å². The number of fused-ring (bicyclic) bond motifs is 1. The highest BCUT2D eigenvalue weighted by atomic mass is 35.5. The van der Waals surface area contributed by atoms with Gasteiger partial charge in [-0.25, -0.2) is 4.98 Å². The van der Waals surface area contributed by atoms with Crippen LogP contribution in [0, 0.1) is 0 Å². The minimum Gasteiger partial charge on any atom is -0.474 e. The summed E-state index contributed by atoms with van der Waals surface area (Å²) in [5.41, 5.74) is 2.74. The Morgan fingerprint density at radius 1 is 1.28 bits per heavy atom. The molecule has 1 saturated heterocycles. The van der Waals surface area contributed by atoms with Gasteiger partial charge >= 0.3 is 0 Å². The SMILES string of the molecule is Cl.Cl.O=C(NCC(O)[C@@H]1Cc2ccccc2CN1)c1cc(OC2CCOCC2)ncc1Cl. The number of nitrogens with zero attached hydrogens (tertiary/aromatic N) is 1. The predicted octanol–water partition coefficient (Wildman–Crippen LogP) is 2.94. The quantitative estimate of drug-likeness (QED) is 0.560. The molecule has 1 amide bonds. The maximum absolute atomic E-state index is 12.7. The first-order valence-electron chi connectivity index (χ1n) is 10.3. The van der Waals surface area contributed by atoms with Crippen molar-refractivity contribution in [2.75, 3.05) is 19.8 Å². The van der Waals surface area contributed by atoms with Gasteiger partial charge in [-0.15, -0.1) is 24.8 Å². The number of ether oxygens (including phenoxy) is 2. The second-order valence-electron chi connectivity index (χ2n) is 7.67. The molecule has 2 aliphatic rings. The molecule has 2 atom stereocenters. The summed E-state index contributed by atoms with van der Waals surface area (Å²) in [6.45, 7) is 2.13. The number of benzene rings is 1. The van der Waals surface area contributed by atoms with E-state index >= 15 is 0 Å². The van der Waals surface area contributed by atoms with Crippen molar-refractivity contribution in [1.82, 2.24) is 15.6 Å². The fourth-order valence-corrected chi connectivity index (χ4v) is 4.00. The molecule has 1 aromatic carbocycles. The third-order valence-corrected chi connectivity index (χ3v) is 5.88. The zero-order valence-corrected chi connectivity index (χ0v) is 19.8. The van der Waals surface area contributed by atoms with E-state index in [1.807, 2.05) is 12.1 Å². The molecule has 3 heterocycles. The van der Waals surface area contributed by atoms with Crippen molar-refractivity contribution < 1.29 is 19.4 Å². The predicted molar refractivity (Wildman–Crippen MR) is 127 cm³/mol. The molecule has 0 spiro atoms. The molecule has 2 aliphatic heterocycles. The van der Waals surface area contributed by atoms with Gasteiger partial charge in [0.05, 0.1) is 36.1 Å². The fourth-order valence-electron chi connectivity index (χ4n) is 3.81. The molecule has 1 unspecified atom stereocenters. The molecular formula is C22H28Cl3N3O4. The van der Waals surface area contributed by atoms with Crippen LogP contribution < -0.4 is 15.4 Å². The number of rotatable bonds is 6. The molecule has 4 rings (SSSR count). The summed E-state index contributed by atoms with van der Waals surface area (Å²) >= 11 is 6.18. The van der Waals surface area contributed by atoms with Crippen molar-refractivity contribution in [2.45, 2.75) is 44.1 Å². The molecule has 7 nitrogen and oxygen atoms in total. The Bertz CT molecular complexity index is 896. The summed E-state index contributed by atoms with van der Waals surface area (Å²) in [6, 6.07) is 9.59. The molecule has 0 bridgehead atoms. The van der Waals surface area contributed by atoms with E-state index < -0.39 is 6.10 Å². The molecule has 0 saturated carbocycles. The Morgan fingerprint density at radius 2 is 2.00 bits per heavy atom. The number of amides is 1. The number of hydrogen-bond acceptors (Lipinski definition) is 6. The van der Waals surface area contributed by atoms with E-state index in [-0.39, 0.29) is 60.0 Å². The number of halogens is 3. The van der Waals surface area contributed by atoms with Crippen LogP contribution in [0.1, 0.15) is 34.3 Å². The first-order chi connectivity index (χ1) is 14.6. The number of aliphatic hydroxyl groups excluding tert-OH is 1. The van der Waals surface area contributed by atoms with E-state index in [0.717, 1.165) is 12.8 Å².